The van der Waals surface area contributed by atoms with Crippen molar-refractivity contribution in [3.05, 3.63) is 160 Å². The molecule has 0 saturated heterocycles. The summed E-state index contributed by atoms with van der Waals surface area (Å²) < 4.78 is 2.68. The van der Waals surface area contributed by atoms with Gasteiger partial charge in [0.25, 0.3) is 6.71 Å². The summed E-state index contributed by atoms with van der Waals surface area (Å²) in [4.78, 5) is 5.32. The zero-order valence-electron chi connectivity index (χ0n) is 40.8. The van der Waals surface area contributed by atoms with Crippen molar-refractivity contribution in [3.63, 3.8) is 0 Å². The SMILES string of the molecule is Cc1ccccc1-c1cc2c3c(c1)N(c1ccccc1C)c1cc4sc5ccc(C(C)(C)C)cc5c4cc1B3c1cc3c(cc1N2c1ccc(C(C)(C)C)cc1C)C(C)(C)CCC3(C)C. The van der Waals surface area contributed by atoms with E-state index in [2.05, 4.69) is 221 Å². The van der Waals surface area contributed by atoms with Gasteiger partial charge in [-0.2, -0.15) is 0 Å². The van der Waals surface area contributed by atoms with Gasteiger partial charge in [-0.3, -0.25) is 0 Å². The molecule has 7 aromatic carbocycles. The van der Waals surface area contributed by atoms with Crippen LogP contribution in [-0.2, 0) is 21.7 Å². The fourth-order valence-electron chi connectivity index (χ4n) is 11.5. The normalized spacial score (nSPS) is 16.1. The van der Waals surface area contributed by atoms with Crippen molar-refractivity contribution in [2.24, 2.45) is 0 Å². The molecule has 0 spiro atoms. The number of thiophene rings is 1. The first-order valence-corrected chi connectivity index (χ1v) is 24.7. The van der Waals surface area contributed by atoms with E-state index in [1.807, 2.05) is 11.3 Å². The van der Waals surface area contributed by atoms with Crippen LogP contribution in [0.25, 0.3) is 31.3 Å². The van der Waals surface area contributed by atoms with Gasteiger partial charge in [0, 0.05) is 48.9 Å². The molecule has 326 valence electrons. The molecular weight excluding hydrogens is 804 g/mol. The summed E-state index contributed by atoms with van der Waals surface area (Å²) in [6, 6.07) is 48.0. The molecule has 2 nitrogen and oxygen atoms in total. The number of hydrogen-bond donors (Lipinski definition) is 0. The van der Waals surface area contributed by atoms with Gasteiger partial charge in [-0.1, -0.05) is 142 Å². The third kappa shape index (κ3) is 6.48. The molecule has 3 aliphatic rings. The predicted molar refractivity (Wildman–Crippen MR) is 286 cm³/mol. The second-order valence-corrected chi connectivity index (χ2v) is 24.2. The minimum absolute atomic E-state index is 0.0119. The lowest BCUT2D eigenvalue weighted by Crippen LogP contribution is -2.62. The van der Waals surface area contributed by atoms with Crippen molar-refractivity contribution in [1.82, 2.24) is 0 Å². The Morgan fingerprint density at radius 2 is 1.02 bits per heavy atom. The third-order valence-electron chi connectivity index (χ3n) is 15.6. The van der Waals surface area contributed by atoms with Crippen LogP contribution in [0.2, 0.25) is 0 Å². The smallest absolute Gasteiger partial charge is 0.252 e. The maximum absolute atomic E-state index is 2.69. The number of aryl methyl sites for hydroxylation is 3. The molecule has 0 unspecified atom stereocenters. The van der Waals surface area contributed by atoms with Gasteiger partial charge in [0.05, 0.1) is 0 Å². The molecule has 1 aliphatic carbocycles. The van der Waals surface area contributed by atoms with Crippen LogP contribution in [0.3, 0.4) is 0 Å². The predicted octanol–water partition coefficient (Wildman–Crippen LogP) is 15.7. The lowest BCUT2D eigenvalue weighted by molar-refractivity contribution is 0.332. The van der Waals surface area contributed by atoms with E-state index >= 15 is 0 Å². The number of benzene rings is 7. The molecule has 0 amide bonds. The van der Waals surface area contributed by atoms with Gasteiger partial charge in [0.1, 0.15) is 0 Å². The van der Waals surface area contributed by atoms with E-state index in [1.54, 1.807) is 0 Å². The Kier molecular flexibility index (Phi) is 9.20. The molecule has 0 atom stereocenters. The van der Waals surface area contributed by atoms with Crippen LogP contribution in [0.5, 0.6) is 0 Å². The fourth-order valence-corrected chi connectivity index (χ4v) is 12.7. The molecule has 8 aromatic rings. The topological polar surface area (TPSA) is 6.48 Å². The quantitative estimate of drug-likeness (QED) is 0.163. The number of fused-ring (bicyclic) bond motifs is 8. The molecule has 2 aliphatic heterocycles. The van der Waals surface area contributed by atoms with Crippen LogP contribution in [-0.4, -0.2) is 6.71 Å². The van der Waals surface area contributed by atoms with Crippen LogP contribution in [0.4, 0.5) is 34.1 Å². The van der Waals surface area contributed by atoms with Crippen molar-refractivity contribution in [3.8, 4) is 11.1 Å². The Bertz CT molecular complexity index is 3290. The first-order chi connectivity index (χ1) is 30.7. The highest BCUT2D eigenvalue weighted by Crippen LogP contribution is 2.52. The van der Waals surface area contributed by atoms with Gasteiger partial charge in [-0.15, -0.1) is 11.3 Å². The van der Waals surface area contributed by atoms with Gasteiger partial charge < -0.3 is 9.80 Å². The molecule has 0 saturated carbocycles. The molecule has 0 fully saturated rings. The lowest BCUT2D eigenvalue weighted by atomic mass is 9.33. The number of para-hydroxylation sites is 1. The molecule has 4 heteroatoms. The summed E-state index contributed by atoms with van der Waals surface area (Å²) in [5.74, 6) is 0. The maximum Gasteiger partial charge on any atom is 0.252 e. The van der Waals surface area contributed by atoms with Gasteiger partial charge in [0.15, 0.2) is 0 Å². The van der Waals surface area contributed by atoms with E-state index in [4.69, 9.17) is 0 Å². The molecule has 0 radical (unpaired) electrons. The fraction of sp³-hybridized carbons (Fsp3) is 0.311. The molecule has 0 N–H and O–H groups in total. The summed E-state index contributed by atoms with van der Waals surface area (Å²) in [6.07, 6.45) is 2.34. The highest BCUT2D eigenvalue weighted by atomic mass is 32.1. The van der Waals surface area contributed by atoms with Crippen LogP contribution >= 0.6 is 11.3 Å². The first kappa shape index (κ1) is 42.1. The Balaban J connectivity index is 1.32. The maximum atomic E-state index is 2.69. The van der Waals surface area contributed by atoms with E-state index < -0.39 is 0 Å². The second-order valence-electron chi connectivity index (χ2n) is 23.1. The van der Waals surface area contributed by atoms with E-state index in [1.165, 1.54) is 134 Å². The van der Waals surface area contributed by atoms with E-state index in [0.717, 1.165) is 0 Å². The Morgan fingerprint density at radius 1 is 0.477 bits per heavy atom. The zero-order chi connectivity index (χ0) is 45.7. The van der Waals surface area contributed by atoms with Crippen molar-refractivity contribution in [1.29, 1.82) is 0 Å². The van der Waals surface area contributed by atoms with E-state index in [9.17, 15) is 0 Å². The molecule has 65 heavy (non-hydrogen) atoms. The average molecular weight is 867 g/mol. The largest absolute Gasteiger partial charge is 0.311 e. The Labute approximate surface area is 392 Å². The molecular formula is C61H63BN2S. The van der Waals surface area contributed by atoms with Crippen LogP contribution in [0.15, 0.2) is 121 Å². The molecule has 1 aromatic heterocycles. The zero-order valence-corrected chi connectivity index (χ0v) is 41.7. The van der Waals surface area contributed by atoms with Crippen molar-refractivity contribution in [2.75, 3.05) is 9.80 Å². The first-order valence-electron chi connectivity index (χ1n) is 23.9. The second kappa shape index (κ2) is 14.2. The standard InChI is InChI=1S/C61H63BN2S/c1-36-18-14-16-20-42(36)39-29-53-57-54(30-39)64(50-24-22-40(28-38(50)3)58(4,5)6)51-34-46-45(60(10,11)26-27-61(46,12)13)33-48(51)62(57)47-32-44-43-31-41(59(7,8)9)23-25-55(43)65-56(44)35-52(47)63(53)49-21-17-15-19-37(49)2/h14-25,28-35H,26-27H2,1-13H3. The van der Waals surface area contributed by atoms with Gasteiger partial charge in [-0.05, 0) is 176 Å². The summed E-state index contributed by atoms with van der Waals surface area (Å²) >= 11 is 1.94. The summed E-state index contributed by atoms with van der Waals surface area (Å²) in [5, 5.41) is 2.72. The summed E-state index contributed by atoms with van der Waals surface area (Å²) in [7, 11) is 0. The Morgan fingerprint density at radius 3 is 1.65 bits per heavy atom. The molecule has 3 heterocycles. The van der Waals surface area contributed by atoms with Crippen molar-refractivity contribution in [2.45, 2.75) is 125 Å². The van der Waals surface area contributed by atoms with E-state index in [0.29, 0.717) is 0 Å². The minimum atomic E-state index is 0.0119. The van der Waals surface area contributed by atoms with Crippen molar-refractivity contribution < 1.29 is 0 Å². The van der Waals surface area contributed by atoms with Gasteiger partial charge >= 0.3 is 0 Å². The number of hydrogen-bond acceptors (Lipinski definition) is 3. The number of rotatable bonds is 3. The van der Waals surface area contributed by atoms with Crippen molar-refractivity contribution >= 4 is 88.7 Å². The highest BCUT2D eigenvalue weighted by molar-refractivity contribution is 7.26. The molecule has 0 bridgehead atoms. The van der Waals surface area contributed by atoms with Crippen LogP contribution < -0.4 is 26.2 Å². The number of nitrogens with zero attached hydrogens (tertiary/aromatic N) is 2. The Hall–Kier alpha value is -5.58. The summed E-state index contributed by atoms with van der Waals surface area (Å²) in [6.45, 7) is 30.8. The van der Waals surface area contributed by atoms with Crippen LogP contribution in [0.1, 0.15) is 121 Å². The minimum Gasteiger partial charge on any atom is -0.311 e. The van der Waals surface area contributed by atoms with E-state index in [-0.39, 0.29) is 28.4 Å². The summed E-state index contributed by atoms with van der Waals surface area (Å²) in [5.41, 5.74) is 24.0. The number of anilines is 6. The highest BCUT2D eigenvalue weighted by Gasteiger charge is 2.47. The van der Waals surface area contributed by atoms with Gasteiger partial charge in [0.2, 0.25) is 0 Å². The monoisotopic (exact) mass is 866 g/mol. The molecule has 11 rings (SSSR count). The average Bonchev–Trinajstić information content (AvgIpc) is 3.61. The lowest BCUT2D eigenvalue weighted by Gasteiger charge is -2.48. The third-order valence-corrected chi connectivity index (χ3v) is 16.7. The van der Waals surface area contributed by atoms with Crippen LogP contribution in [0, 0.1) is 20.8 Å². The van der Waals surface area contributed by atoms with Gasteiger partial charge in [-0.25, -0.2) is 0 Å².